The predicted octanol–water partition coefficient (Wildman–Crippen LogP) is 4.32. The van der Waals surface area contributed by atoms with Crippen molar-refractivity contribution in [2.75, 3.05) is 0 Å². The van der Waals surface area contributed by atoms with Gasteiger partial charge in [0.15, 0.2) is 11.5 Å². The zero-order valence-electron chi connectivity index (χ0n) is 12.1. The summed E-state index contributed by atoms with van der Waals surface area (Å²) in [7, 11) is 0. The van der Waals surface area contributed by atoms with Crippen molar-refractivity contribution >= 4 is 5.78 Å². The Labute approximate surface area is 124 Å². The molecule has 3 nitrogen and oxygen atoms in total. The van der Waals surface area contributed by atoms with Crippen molar-refractivity contribution in [1.29, 1.82) is 0 Å². The molecule has 0 radical (unpaired) electrons. The lowest BCUT2D eigenvalue weighted by Gasteiger charge is -2.28. The Hall–Kier alpha value is -1.47. The molecule has 0 aromatic carbocycles. The standard InChI is InChI=1S/C14H17F5N2O/c1-2-11(22)10-7-12(14(17,18)19)20-21(10)8-9-3-5-13(15,16)6-4-9/h7,9H,2-6,8H2,1H3. The summed E-state index contributed by atoms with van der Waals surface area (Å²) in [4.78, 5) is 11.8. The van der Waals surface area contributed by atoms with E-state index in [-0.39, 0.29) is 50.3 Å². The van der Waals surface area contributed by atoms with E-state index in [9.17, 15) is 26.7 Å². The highest BCUT2D eigenvalue weighted by atomic mass is 19.4. The molecular weight excluding hydrogens is 307 g/mol. The summed E-state index contributed by atoms with van der Waals surface area (Å²) < 4.78 is 65.5. The average Bonchev–Trinajstić information content (AvgIpc) is 2.84. The molecule has 1 aromatic heterocycles. The molecule has 8 heteroatoms. The second-order valence-corrected chi connectivity index (χ2v) is 5.67. The van der Waals surface area contributed by atoms with Crippen molar-refractivity contribution in [3.63, 3.8) is 0 Å². The van der Waals surface area contributed by atoms with Gasteiger partial charge in [0.1, 0.15) is 5.69 Å². The maximum Gasteiger partial charge on any atom is 0.435 e. The van der Waals surface area contributed by atoms with Gasteiger partial charge in [0.25, 0.3) is 0 Å². The Balaban J connectivity index is 2.19. The van der Waals surface area contributed by atoms with Gasteiger partial charge in [-0.1, -0.05) is 6.92 Å². The minimum absolute atomic E-state index is 0.0612. The number of hydrogen-bond donors (Lipinski definition) is 0. The first-order valence-corrected chi connectivity index (χ1v) is 7.18. The van der Waals surface area contributed by atoms with E-state index < -0.39 is 23.6 Å². The Morgan fingerprint density at radius 1 is 1.36 bits per heavy atom. The smallest absolute Gasteiger partial charge is 0.292 e. The van der Waals surface area contributed by atoms with Gasteiger partial charge >= 0.3 is 6.18 Å². The number of aromatic nitrogens is 2. The van der Waals surface area contributed by atoms with E-state index in [2.05, 4.69) is 5.10 Å². The first-order chi connectivity index (χ1) is 10.1. The molecule has 0 bridgehead atoms. The molecule has 22 heavy (non-hydrogen) atoms. The van der Waals surface area contributed by atoms with Crippen LogP contribution in [0.1, 0.15) is 55.2 Å². The molecule has 1 aliphatic rings. The van der Waals surface area contributed by atoms with Crippen molar-refractivity contribution in [3.8, 4) is 0 Å². The lowest BCUT2D eigenvalue weighted by atomic mass is 9.87. The number of halogens is 5. The molecule has 124 valence electrons. The van der Waals surface area contributed by atoms with Gasteiger partial charge in [0.2, 0.25) is 5.92 Å². The molecule has 0 unspecified atom stereocenters. The van der Waals surface area contributed by atoms with Gasteiger partial charge < -0.3 is 0 Å². The molecule has 1 saturated carbocycles. The fourth-order valence-corrected chi connectivity index (χ4v) is 2.63. The van der Waals surface area contributed by atoms with E-state index in [0.717, 1.165) is 10.7 Å². The summed E-state index contributed by atoms with van der Waals surface area (Å²) in [6.45, 7) is 1.61. The summed E-state index contributed by atoms with van der Waals surface area (Å²) >= 11 is 0. The molecule has 2 rings (SSSR count). The second-order valence-electron chi connectivity index (χ2n) is 5.67. The fraction of sp³-hybridized carbons (Fsp3) is 0.714. The molecule has 0 saturated heterocycles. The predicted molar refractivity (Wildman–Crippen MR) is 68.8 cm³/mol. The van der Waals surface area contributed by atoms with Crippen LogP contribution in [0.3, 0.4) is 0 Å². The molecule has 0 aliphatic heterocycles. The number of Topliss-reactive ketones (excluding diaryl/α,β-unsaturated/α-hetero) is 1. The number of ketones is 1. The number of hydrogen-bond acceptors (Lipinski definition) is 2. The fourth-order valence-electron chi connectivity index (χ4n) is 2.63. The number of rotatable bonds is 4. The molecule has 0 N–H and O–H groups in total. The first kappa shape index (κ1) is 16.9. The molecule has 1 aliphatic carbocycles. The van der Waals surface area contributed by atoms with Crippen LogP contribution >= 0.6 is 0 Å². The molecule has 0 spiro atoms. The van der Waals surface area contributed by atoms with Gasteiger partial charge in [-0.25, -0.2) is 8.78 Å². The maximum atomic E-state index is 13.1. The van der Waals surface area contributed by atoms with Crippen molar-refractivity contribution in [2.24, 2.45) is 5.92 Å². The zero-order valence-corrected chi connectivity index (χ0v) is 12.1. The normalized spacial score (nSPS) is 19.4. The second kappa shape index (κ2) is 5.96. The van der Waals surface area contributed by atoms with Gasteiger partial charge in [-0.3, -0.25) is 9.48 Å². The Bertz CT molecular complexity index is 540. The van der Waals surface area contributed by atoms with Gasteiger partial charge in [0.05, 0.1) is 0 Å². The van der Waals surface area contributed by atoms with Crippen molar-refractivity contribution in [2.45, 2.75) is 57.7 Å². The van der Waals surface area contributed by atoms with Crippen LogP contribution in [0.15, 0.2) is 6.07 Å². The summed E-state index contributed by atoms with van der Waals surface area (Å²) in [6.07, 6.45) is -4.69. The Kier molecular flexibility index (Phi) is 4.58. The summed E-state index contributed by atoms with van der Waals surface area (Å²) in [6, 6.07) is 0.739. The highest BCUT2D eigenvalue weighted by molar-refractivity contribution is 5.94. The average molecular weight is 324 g/mol. The first-order valence-electron chi connectivity index (χ1n) is 7.18. The van der Waals surface area contributed by atoms with Crippen LogP contribution in [0.4, 0.5) is 22.0 Å². The summed E-state index contributed by atoms with van der Waals surface area (Å²) in [5, 5.41) is 3.46. The number of alkyl halides is 5. The van der Waals surface area contributed by atoms with E-state index >= 15 is 0 Å². The third-order valence-electron chi connectivity index (χ3n) is 3.95. The topological polar surface area (TPSA) is 34.9 Å². The minimum Gasteiger partial charge on any atom is -0.292 e. The van der Waals surface area contributed by atoms with Gasteiger partial charge in [-0.05, 0) is 24.8 Å². The van der Waals surface area contributed by atoms with Gasteiger partial charge in [-0.15, -0.1) is 0 Å². The molecular formula is C14H17F5N2O. The van der Waals surface area contributed by atoms with Crippen LogP contribution in [0.2, 0.25) is 0 Å². The van der Waals surface area contributed by atoms with Crippen LogP contribution in [0.5, 0.6) is 0 Å². The Morgan fingerprint density at radius 3 is 2.45 bits per heavy atom. The monoisotopic (exact) mass is 324 g/mol. The van der Waals surface area contributed by atoms with Crippen LogP contribution in [0.25, 0.3) is 0 Å². The van der Waals surface area contributed by atoms with E-state index in [1.54, 1.807) is 6.92 Å². The van der Waals surface area contributed by atoms with Crippen LogP contribution in [-0.4, -0.2) is 21.5 Å². The van der Waals surface area contributed by atoms with E-state index in [1.165, 1.54) is 0 Å². The number of carbonyl (C=O) groups excluding carboxylic acids is 1. The van der Waals surface area contributed by atoms with E-state index in [0.29, 0.717) is 0 Å². The van der Waals surface area contributed by atoms with E-state index in [1.807, 2.05) is 0 Å². The molecule has 1 aromatic rings. The summed E-state index contributed by atoms with van der Waals surface area (Å²) in [5.41, 5.74) is -1.22. The summed E-state index contributed by atoms with van der Waals surface area (Å²) in [5.74, 6) is -3.33. The van der Waals surface area contributed by atoms with Crippen molar-refractivity contribution in [1.82, 2.24) is 9.78 Å². The molecule has 0 amide bonds. The third kappa shape index (κ3) is 3.84. The van der Waals surface area contributed by atoms with Gasteiger partial charge in [0, 0.05) is 25.8 Å². The minimum atomic E-state index is -4.63. The molecule has 1 heterocycles. The van der Waals surface area contributed by atoms with Crippen molar-refractivity contribution in [3.05, 3.63) is 17.5 Å². The largest absolute Gasteiger partial charge is 0.435 e. The highest BCUT2D eigenvalue weighted by Crippen LogP contribution is 2.37. The SMILES string of the molecule is CCC(=O)c1cc(C(F)(F)F)nn1CC1CCC(F)(F)CC1. The van der Waals surface area contributed by atoms with Crippen LogP contribution < -0.4 is 0 Å². The molecule has 1 fully saturated rings. The lowest BCUT2D eigenvalue weighted by Crippen LogP contribution is -2.27. The Morgan fingerprint density at radius 2 is 1.95 bits per heavy atom. The van der Waals surface area contributed by atoms with E-state index in [4.69, 9.17) is 0 Å². The quantitative estimate of drug-likeness (QED) is 0.611. The molecule has 0 atom stereocenters. The highest BCUT2D eigenvalue weighted by Gasteiger charge is 2.38. The van der Waals surface area contributed by atoms with Gasteiger partial charge in [-0.2, -0.15) is 18.3 Å². The maximum absolute atomic E-state index is 13.1. The zero-order chi connectivity index (χ0) is 16.5. The third-order valence-corrected chi connectivity index (χ3v) is 3.95. The van der Waals surface area contributed by atoms with Crippen LogP contribution in [-0.2, 0) is 12.7 Å². The van der Waals surface area contributed by atoms with Crippen LogP contribution in [0, 0.1) is 5.92 Å². The van der Waals surface area contributed by atoms with Crippen molar-refractivity contribution < 1.29 is 26.7 Å². The number of carbonyl (C=O) groups is 1. The lowest BCUT2D eigenvalue weighted by molar-refractivity contribution is -0.141. The number of nitrogens with zero attached hydrogens (tertiary/aromatic N) is 2.